The Kier molecular flexibility index (Phi) is 1.71. The summed E-state index contributed by atoms with van der Waals surface area (Å²) in [6, 6.07) is 1.83. The number of halogens is 1. The Bertz CT molecular complexity index is 401. The largest absolute Gasteiger partial charge is 0.297 e. The Morgan fingerprint density at radius 1 is 1.55 bits per heavy atom. The van der Waals surface area contributed by atoms with E-state index in [-0.39, 0.29) is 0 Å². The summed E-state index contributed by atoms with van der Waals surface area (Å²) >= 11 is 8.91. The molecule has 11 heavy (non-hydrogen) atoms. The van der Waals surface area contributed by atoms with E-state index in [1.54, 1.807) is 11.3 Å². The number of fused-ring (bicyclic) bond motifs is 1. The van der Waals surface area contributed by atoms with E-state index in [9.17, 15) is 4.79 Å². The van der Waals surface area contributed by atoms with Crippen LogP contribution in [0.15, 0.2) is 11.4 Å². The van der Waals surface area contributed by atoms with E-state index >= 15 is 0 Å². The molecule has 0 saturated heterocycles. The van der Waals surface area contributed by atoms with Crippen LogP contribution in [-0.2, 0) is 0 Å². The lowest BCUT2D eigenvalue weighted by atomic mass is 10.4. The lowest BCUT2D eigenvalue weighted by Gasteiger charge is -1.74. The van der Waals surface area contributed by atoms with E-state index in [1.165, 1.54) is 11.3 Å². The number of thiophene rings is 2. The van der Waals surface area contributed by atoms with Gasteiger partial charge in [-0.3, -0.25) is 4.79 Å². The first-order valence-corrected chi connectivity index (χ1v) is 5.00. The molecule has 0 radical (unpaired) electrons. The molecule has 0 spiro atoms. The van der Waals surface area contributed by atoms with Crippen molar-refractivity contribution in [3.8, 4) is 0 Å². The van der Waals surface area contributed by atoms with Gasteiger partial charge in [0.2, 0.25) is 0 Å². The molecule has 2 aromatic rings. The Balaban J connectivity index is 2.79. The zero-order valence-corrected chi connectivity index (χ0v) is 7.72. The minimum absolute atomic E-state index is 0.744. The van der Waals surface area contributed by atoms with Crippen molar-refractivity contribution in [2.45, 2.75) is 0 Å². The van der Waals surface area contributed by atoms with Gasteiger partial charge in [0.25, 0.3) is 0 Å². The molecule has 1 nitrogen and oxygen atoms in total. The van der Waals surface area contributed by atoms with Crippen LogP contribution in [0.25, 0.3) is 9.40 Å². The molecule has 0 aliphatic rings. The van der Waals surface area contributed by atoms with Crippen molar-refractivity contribution in [1.29, 1.82) is 0 Å². The predicted octanol–water partition coefficient (Wildman–Crippen LogP) is 3.43. The molecule has 2 rings (SSSR count). The molecule has 0 N–H and O–H groups in total. The van der Waals surface area contributed by atoms with Crippen LogP contribution in [0.3, 0.4) is 0 Å². The molecule has 0 aliphatic heterocycles. The summed E-state index contributed by atoms with van der Waals surface area (Å²) in [7, 11) is 0. The Hall–Kier alpha value is -0.380. The van der Waals surface area contributed by atoms with Crippen molar-refractivity contribution < 1.29 is 4.79 Å². The lowest BCUT2D eigenvalue weighted by molar-refractivity contribution is 0.112. The van der Waals surface area contributed by atoms with Crippen molar-refractivity contribution in [2.24, 2.45) is 0 Å². The minimum atomic E-state index is 0.744. The number of aldehydes is 1. The normalized spacial score (nSPS) is 10.6. The second-order valence-electron chi connectivity index (χ2n) is 2.05. The Labute approximate surface area is 76.2 Å². The predicted molar refractivity (Wildman–Crippen MR) is 50.1 cm³/mol. The highest BCUT2D eigenvalue weighted by atomic mass is 35.5. The number of carbonyl (C=O) groups is 1. The maximum absolute atomic E-state index is 10.4. The smallest absolute Gasteiger partial charge is 0.160 e. The van der Waals surface area contributed by atoms with Crippen molar-refractivity contribution >= 4 is 50.0 Å². The first kappa shape index (κ1) is 7.28. The SMILES string of the molecule is O=Cc1cc2c(Cl)csc2s1. The number of carbonyl (C=O) groups excluding carboxylic acids is 1. The molecule has 0 saturated carbocycles. The average molecular weight is 203 g/mol. The second kappa shape index (κ2) is 2.59. The van der Waals surface area contributed by atoms with Crippen molar-refractivity contribution in [1.82, 2.24) is 0 Å². The first-order valence-electron chi connectivity index (χ1n) is 2.93. The number of hydrogen-bond donors (Lipinski definition) is 0. The van der Waals surface area contributed by atoms with Crippen LogP contribution in [0.2, 0.25) is 5.02 Å². The summed E-state index contributed by atoms with van der Waals surface area (Å²) in [5.41, 5.74) is 0. The van der Waals surface area contributed by atoms with E-state index < -0.39 is 0 Å². The quantitative estimate of drug-likeness (QED) is 0.648. The van der Waals surface area contributed by atoms with Gasteiger partial charge < -0.3 is 0 Å². The molecule has 0 atom stereocenters. The Morgan fingerprint density at radius 3 is 3.00 bits per heavy atom. The monoisotopic (exact) mass is 202 g/mol. The van der Waals surface area contributed by atoms with E-state index in [1.807, 2.05) is 11.4 Å². The summed E-state index contributed by atoms with van der Waals surface area (Å²) in [6.45, 7) is 0. The van der Waals surface area contributed by atoms with Gasteiger partial charge in [-0.15, -0.1) is 22.7 Å². The molecule has 56 valence electrons. The van der Waals surface area contributed by atoms with Gasteiger partial charge in [-0.1, -0.05) is 11.6 Å². The maximum atomic E-state index is 10.4. The van der Waals surface area contributed by atoms with E-state index in [2.05, 4.69) is 0 Å². The van der Waals surface area contributed by atoms with Gasteiger partial charge in [0.1, 0.15) is 0 Å². The molecule has 0 fully saturated rings. The molecule has 0 unspecified atom stereocenters. The highest BCUT2D eigenvalue weighted by Crippen LogP contribution is 2.35. The van der Waals surface area contributed by atoms with Crippen LogP contribution in [0.5, 0.6) is 0 Å². The highest BCUT2D eigenvalue weighted by molar-refractivity contribution is 7.38. The van der Waals surface area contributed by atoms with E-state index in [0.717, 1.165) is 25.6 Å². The fourth-order valence-corrected chi connectivity index (χ4v) is 3.24. The van der Waals surface area contributed by atoms with Crippen LogP contribution in [0.4, 0.5) is 0 Å². The Morgan fingerprint density at radius 2 is 2.36 bits per heavy atom. The summed E-state index contributed by atoms with van der Waals surface area (Å²) in [4.78, 5) is 11.1. The van der Waals surface area contributed by atoms with Crippen LogP contribution in [-0.4, -0.2) is 6.29 Å². The van der Waals surface area contributed by atoms with Crippen molar-refractivity contribution in [2.75, 3.05) is 0 Å². The third kappa shape index (κ3) is 1.09. The third-order valence-corrected chi connectivity index (χ3v) is 3.98. The van der Waals surface area contributed by atoms with Crippen LogP contribution >= 0.6 is 34.3 Å². The van der Waals surface area contributed by atoms with Gasteiger partial charge in [0.05, 0.1) is 13.9 Å². The molecule has 0 amide bonds. The first-order chi connectivity index (χ1) is 5.31. The second-order valence-corrected chi connectivity index (χ2v) is 4.68. The molecule has 0 bridgehead atoms. The maximum Gasteiger partial charge on any atom is 0.160 e. The molecular formula is C7H3ClOS2. The zero-order chi connectivity index (χ0) is 7.84. The summed E-state index contributed by atoms with van der Waals surface area (Å²) in [5.74, 6) is 0. The fraction of sp³-hybridized carbons (Fsp3) is 0. The highest BCUT2D eigenvalue weighted by Gasteiger charge is 2.05. The molecule has 4 heteroatoms. The van der Waals surface area contributed by atoms with Crippen LogP contribution in [0.1, 0.15) is 9.67 Å². The minimum Gasteiger partial charge on any atom is -0.297 e. The fourth-order valence-electron chi connectivity index (χ4n) is 0.873. The van der Waals surface area contributed by atoms with Gasteiger partial charge in [-0.05, 0) is 6.07 Å². The molecule has 2 aromatic heterocycles. The lowest BCUT2D eigenvalue weighted by Crippen LogP contribution is -1.63. The zero-order valence-electron chi connectivity index (χ0n) is 5.33. The number of rotatable bonds is 1. The molecule has 2 heterocycles. The molecular weight excluding hydrogens is 200 g/mol. The van der Waals surface area contributed by atoms with Crippen LogP contribution in [0, 0.1) is 0 Å². The van der Waals surface area contributed by atoms with Crippen molar-refractivity contribution in [3.63, 3.8) is 0 Å². The summed E-state index contributed by atoms with van der Waals surface area (Å²) < 4.78 is 1.12. The van der Waals surface area contributed by atoms with Gasteiger partial charge in [-0.2, -0.15) is 0 Å². The van der Waals surface area contributed by atoms with Gasteiger partial charge in [-0.25, -0.2) is 0 Å². The van der Waals surface area contributed by atoms with Crippen LogP contribution < -0.4 is 0 Å². The molecule has 0 aromatic carbocycles. The van der Waals surface area contributed by atoms with E-state index in [4.69, 9.17) is 11.6 Å². The van der Waals surface area contributed by atoms with Gasteiger partial charge in [0, 0.05) is 10.8 Å². The van der Waals surface area contributed by atoms with Gasteiger partial charge in [0.15, 0.2) is 6.29 Å². The topological polar surface area (TPSA) is 17.1 Å². The third-order valence-electron chi connectivity index (χ3n) is 1.36. The van der Waals surface area contributed by atoms with Gasteiger partial charge >= 0.3 is 0 Å². The standard InChI is InChI=1S/C7H3ClOS2/c8-6-3-10-7-5(6)1-4(2-9)11-7/h1-3H. The number of hydrogen-bond acceptors (Lipinski definition) is 3. The summed E-state index contributed by atoms with van der Waals surface area (Å²) in [5, 5.41) is 3.63. The molecule has 0 aliphatic carbocycles. The van der Waals surface area contributed by atoms with Crippen molar-refractivity contribution in [3.05, 3.63) is 21.3 Å². The van der Waals surface area contributed by atoms with E-state index in [0.29, 0.717) is 0 Å². The average Bonchev–Trinajstić information content (AvgIpc) is 2.53. The summed E-state index contributed by atoms with van der Waals surface area (Å²) in [6.07, 6.45) is 0.855.